The van der Waals surface area contributed by atoms with Gasteiger partial charge in [0.2, 0.25) is 5.58 Å². The Balaban J connectivity index is 2.37. The number of carbonyl (C=O) groups excluding carboxylic acids is 1. The third kappa shape index (κ3) is 2.05. The highest BCUT2D eigenvalue weighted by atomic mass is 16.6. The molecule has 0 unspecified atom stereocenters. The lowest BCUT2D eigenvalue weighted by atomic mass is 10.3. The van der Waals surface area contributed by atoms with Crippen LogP contribution >= 0.6 is 0 Å². The zero-order valence-corrected chi connectivity index (χ0v) is 8.62. The molecule has 0 amide bonds. The highest BCUT2D eigenvalue weighted by molar-refractivity contribution is 5.92. The van der Waals surface area contributed by atoms with Crippen molar-refractivity contribution < 1.29 is 14.2 Å². The first kappa shape index (κ1) is 11.0. The van der Waals surface area contributed by atoms with Gasteiger partial charge in [0.1, 0.15) is 12.5 Å². The summed E-state index contributed by atoms with van der Waals surface area (Å²) in [6, 6.07) is 0. The summed E-state index contributed by atoms with van der Waals surface area (Å²) in [6.07, 6.45) is 3.59. The molecule has 0 saturated heterocycles. The number of pyridine rings is 1. The number of fused-ring (bicyclic) bond motifs is 1. The quantitative estimate of drug-likeness (QED) is 0.358. The molecule has 1 N–H and O–H groups in total. The van der Waals surface area contributed by atoms with E-state index in [0.29, 0.717) is 24.2 Å². The standard InChI is InChI=1S/C9H8N4O4/c14-3-1-2-11-9-6-4-10-5-7(13(15)16)8(6)17-12-9/h3-5H,1-2H2,(H,11,12). The summed E-state index contributed by atoms with van der Waals surface area (Å²) in [5.74, 6) is 0.345. The fourth-order valence-electron chi connectivity index (χ4n) is 1.35. The Labute approximate surface area is 94.8 Å². The van der Waals surface area contributed by atoms with Gasteiger partial charge in [-0.05, 0) is 0 Å². The number of rotatable bonds is 5. The van der Waals surface area contributed by atoms with Gasteiger partial charge in [-0.25, -0.2) is 0 Å². The van der Waals surface area contributed by atoms with Crippen molar-refractivity contribution >= 4 is 28.8 Å². The third-order valence-electron chi connectivity index (χ3n) is 2.11. The number of hydrogen-bond donors (Lipinski definition) is 1. The van der Waals surface area contributed by atoms with Gasteiger partial charge in [-0.2, -0.15) is 0 Å². The molecular weight excluding hydrogens is 228 g/mol. The van der Waals surface area contributed by atoms with Crippen molar-refractivity contribution in [1.82, 2.24) is 10.1 Å². The van der Waals surface area contributed by atoms with Gasteiger partial charge < -0.3 is 14.6 Å². The molecule has 2 aromatic heterocycles. The zero-order valence-electron chi connectivity index (χ0n) is 8.62. The number of nitrogens with one attached hydrogen (secondary N) is 1. The van der Waals surface area contributed by atoms with Gasteiger partial charge >= 0.3 is 5.69 Å². The van der Waals surface area contributed by atoms with Crippen LogP contribution in [0, 0.1) is 10.1 Å². The average Bonchev–Trinajstić information content (AvgIpc) is 2.72. The largest absolute Gasteiger partial charge is 0.366 e. The predicted molar refractivity (Wildman–Crippen MR) is 57.6 cm³/mol. The van der Waals surface area contributed by atoms with Gasteiger partial charge in [-0.3, -0.25) is 15.1 Å². The van der Waals surface area contributed by atoms with E-state index >= 15 is 0 Å². The van der Waals surface area contributed by atoms with Gasteiger partial charge in [0, 0.05) is 19.2 Å². The van der Waals surface area contributed by atoms with Crippen LogP contribution in [-0.2, 0) is 4.79 Å². The van der Waals surface area contributed by atoms with Crippen LogP contribution in [0.15, 0.2) is 16.9 Å². The summed E-state index contributed by atoms with van der Waals surface area (Å²) in [4.78, 5) is 24.0. The van der Waals surface area contributed by atoms with Crippen LogP contribution in [0.1, 0.15) is 6.42 Å². The summed E-state index contributed by atoms with van der Waals surface area (Å²) >= 11 is 0. The van der Waals surface area contributed by atoms with Crippen molar-refractivity contribution in [2.45, 2.75) is 6.42 Å². The molecule has 0 bridgehead atoms. The monoisotopic (exact) mass is 236 g/mol. The van der Waals surface area contributed by atoms with Crippen LogP contribution < -0.4 is 5.32 Å². The molecule has 0 aliphatic heterocycles. The Kier molecular flexibility index (Phi) is 2.95. The van der Waals surface area contributed by atoms with E-state index in [4.69, 9.17) is 4.52 Å². The lowest BCUT2D eigenvalue weighted by molar-refractivity contribution is -0.384. The highest BCUT2D eigenvalue weighted by Gasteiger charge is 2.19. The molecule has 88 valence electrons. The Morgan fingerprint density at radius 3 is 3.06 bits per heavy atom. The van der Waals surface area contributed by atoms with E-state index in [1.54, 1.807) is 0 Å². The van der Waals surface area contributed by atoms with E-state index in [1.165, 1.54) is 6.20 Å². The van der Waals surface area contributed by atoms with E-state index in [1.807, 2.05) is 0 Å². The Bertz CT molecular complexity index is 565. The number of anilines is 1. The van der Waals surface area contributed by atoms with E-state index in [2.05, 4.69) is 15.5 Å². The minimum Gasteiger partial charge on any atom is -0.366 e. The summed E-state index contributed by atoms with van der Waals surface area (Å²) < 4.78 is 4.89. The molecule has 8 nitrogen and oxygen atoms in total. The molecule has 2 heterocycles. The molecular formula is C9H8N4O4. The predicted octanol–water partition coefficient (Wildman–Crippen LogP) is 1.13. The molecule has 0 fully saturated rings. The average molecular weight is 236 g/mol. The van der Waals surface area contributed by atoms with E-state index in [9.17, 15) is 14.9 Å². The molecule has 2 rings (SSSR count). The van der Waals surface area contributed by atoms with Crippen LogP contribution in [0.4, 0.5) is 11.5 Å². The molecule has 0 aliphatic rings. The second-order valence-corrected chi connectivity index (χ2v) is 3.21. The number of aldehydes is 1. The fourth-order valence-corrected chi connectivity index (χ4v) is 1.35. The second-order valence-electron chi connectivity index (χ2n) is 3.21. The van der Waals surface area contributed by atoms with Crippen LogP contribution in [0.2, 0.25) is 0 Å². The number of aromatic nitrogens is 2. The van der Waals surface area contributed by atoms with Crippen molar-refractivity contribution in [3.63, 3.8) is 0 Å². The topological polar surface area (TPSA) is 111 Å². The van der Waals surface area contributed by atoms with Crippen molar-refractivity contribution in [2.75, 3.05) is 11.9 Å². The Morgan fingerprint density at radius 1 is 1.53 bits per heavy atom. The first-order valence-electron chi connectivity index (χ1n) is 4.79. The van der Waals surface area contributed by atoms with Crippen molar-refractivity contribution in [3.8, 4) is 0 Å². The van der Waals surface area contributed by atoms with Gasteiger partial charge in [-0.15, -0.1) is 0 Å². The SMILES string of the molecule is O=CCCNc1noc2c([N+](=O)[O-])cncc12. The fraction of sp³-hybridized carbons (Fsp3) is 0.222. The van der Waals surface area contributed by atoms with Crippen LogP contribution in [0.5, 0.6) is 0 Å². The van der Waals surface area contributed by atoms with Crippen molar-refractivity contribution in [1.29, 1.82) is 0 Å². The number of hydrogen-bond acceptors (Lipinski definition) is 7. The van der Waals surface area contributed by atoms with Crippen LogP contribution in [0.3, 0.4) is 0 Å². The minimum absolute atomic E-state index is 0.0682. The first-order valence-corrected chi connectivity index (χ1v) is 4.79. The molecule has 0 aliphatic carbocycles. The minimum atomic E-state index is -0.588. The smallest absolute Gasteiger partial charge is 0.333 e. The maximum absolute atomic E-state index is 10.7. The van der Waals surface area contributed by atoms with Gasteiger partial charge in [0.25, 0.3) is 0 Å². The van der Waals surface area contributed by atoms with Gasteiger partial charge in [-0.1, -0.05) is 5.16 Å². The lowest BCUT2D eigenvalue weighted by Crippen LogP contribution is -2.02. The third-order valence-corrected chi connectivity index (χ3v) is 2.11. The molecule has 2 aromatic rings. The van der Waals surface area contributed by atoms with E-state index < -0.39 is 4.92 Å². The highest BCUT2D eigenvalue weighted by Crippen LogP contribution is 2.28. The normalized spacial score (nSPS) is 10.4. The van der Waals surface area contributed by atoms with E-state index in [0.717, 1.165) is 12.5 Å². The Hall–Kier alpha value is -2.51. The van der Waals surface area contributed by atoms with E-state index in [-0.39, 0.29) is 11.3 Å². The van der Waals surface area contributed by atoms with Gasteiger partial charge in [0.15, 0.2) is 5.82 Å². The number of nitro groups is 1. The number of nitrogens with zero attached hydrogens (tertiary/aromatic N) is 3. The second kappa shape index (κ2) is 4.56. The van der Waals surface area contributed by atoms with Crippen molar-refractivity contribution in [3.05, 3.63) is 22.5 Å². The first-order chi connectivity index (χ1) is 8.24. The molecule has 17 heavy (non-hydrogen) atoms. The molecule has 0 radical (unpaired) electrons. The van der Waals surface area contributed by atoms with Crippen molar-refractivity contribution in [2.24, 2.45) is 0 Å². The summed E-state index contributed by atoms with van der Waals surface area (Å²) in [5.41, 5.74) is -0.169. The Morgan fingerprint density at radius 2 is 2.35 bits per heavy atom. The molecule has 0 atom stereocenters. The lowest BCUT2D eigenvalue weighted by Gasteiger charge is -1.97. The van der Waals surface area contributed by atoms with Gasteiger partial charge in [0.05, 0.1) is 10.3 Å². The maximum atomic E-state index is 10.7. The number of carbonyl (C=O) groups is 1. The molecule has 0 saturated carbocycles. The van der Waals surface area contributed by atoms with Crippen LogP contribution in [0.25, 0.3) is 11.0 Å². The molecule has 0 spiro atoms. The summed E-state index contributed by atoms with van der Waals surface area (Å²) in [5, 5.41) is 17.6. The maximum Gasteiger partial charge on any atom is 0.333 e. The molecule has 8 heteroatoms. The summed E-state index contributed by atoms with van der Waals surface area (Å²) in [7, 11) is 0. The molecule has 0 aromatic carbocycles. The summed E-state index contributed by atoms with van der Waals surface area (Å²) in [6.45, 7) is 0.383. The van der Waals surface area contributed by atoms with Crippen LogP contribution in [-0.4, -0.2) is 27.9 Å². The zero-order chi connectivity index (χ0) is 12.3.